The van der Waals surface area contributed by atoms with Crippen LogP contribution in [0.4, 0.5) is 22.1 Å². The van der Waals surface area contributed by atoms with Crippen molar-refractivity contribution in [3.63, 3.8) is 0 Å². The summed E-state index contributed by atoms with van der Waals surface area (Å²) in [4.78, 5) is 23.4. The van der Waals surface area contributed by atoms with Gasteiger partial charge in [-0.25, -0.2) is 14.8 Å². The van der Waals surface area contributed by atoms with Crippen molar-refractivity contribution < 1.29 is 9.53 Å². The molecule has 4 rings (SSSR count). The summed E-state index contributed by atoms with van der Waals surface area (Å²) in [6, 6.07) is 9.19. The Morgan fingerprint density at radius 3 is 2.97 bits per heavy atom. The number of nitrogens with zero attached hydrogens (tertiary/aromatic N) is 3. The minimum atomic E-state index is -0.232. The Hall–Kier alpha value is -3.61. The number of urea groups is 1. The van der Waals surface area contributed by atoms with E-state index < -0.39 is 0 Å². The van der Waals surface area contributed by atoms with E-state index in [-0.39, 0.29) is 6.03 Å². The molecule has 2 aromatic rings. The van der Waals surface area contributed by atoms with Crippen LogP contribution in [0.15, 0.2) is 71.7 Å². The van der Waals surface area contributed by atoms with E-state index in [0.717, 1.165) is 35.5 Å². The number of carbonyl (C=O) groups is 1. The van der Waals surface area contributed by atoms with Crippen LogP contribution in [0.2, 0.25) is 0 Å². The van der Waals surface area contributed by atoms with Crippen LogP contribution in [-0.2, 0) is 0 Å². The normalized spacial score (nSPS) is 17.4. The molecule has 0 spiro atoms. The summed E-state index contributed by atoms with van der Waals surface area (Å²) in [5.41, 5.74) is 4.01. The molecule has 0 atom stereocenters. The lowest BCUT2D eigenvalue weighted by Gasteiger charge is -2.24. The minimum Gasteiger partial charge on any atom is -0.489 e. The molecule has 2 heterocycles. The molecule has 0 saturated carbocycles. The van der Waals surface area contributed by atoms with Crippen molar-refractivity contribution in [2.45, 2.75) is 26.7 Å². The number of hydrogen-bond donors (Lipinski definition) is 2. The summed E-state index contributed by atoms with van der Waals surface area (Å²) in [6.45, 7) is 4.85. The highest BCUT2D eigenvalue weighted by molar-refractivity contribution is 5.93. The van der Waals surface area contributed by atoms with Crippen LogP contribution >= 0.6 is 0 Å². The van der Waals surface area contributed by atoms with Crippen LogP contribution in [-0.4, -0.2) is 29.2 Å². The maximum absolute atomic E-state index is 13.2. The third kappa shape index (κ3) is 4.51. The smallest absolute Gasteiger partial charge is 0.327 e. The van der Waals surface area contributed by atoms with Gasteiger partial charge in [0, 0.05) is 30.1 Å². The Morgan fingerprint density at radius 2 is 2.10 bits per heavy atom. The average molecular weight is 403 g/mol. The molecule has 1 aliphatic carbocycles. The van der Waals surface area contributed by atoms with E-state index >= 15 is 0 Å². The van der Waals surface area contributed by atoms with Gasteiger partial charge >= 0.3 is 6.03 Å². The molecule has 1 aromatic carbocycles. The Morgan fingerprint density at radius 1 is 1.20 bits per heavy atom. The zero-order valence-electron chi connectivity index (χ0n) is 17.2. The maximum Gasteiger partial charge on any atom is 0.327 e. The van der Waals surface area contributed by atoms with Gasteiger partial charge in [0.1, 0.15) is 30.3 Å². The topological polar surface area (TPSA) is 79.4 Å². The first-order valence-electron chi connectivity index (χ1n) is 10.0. The Bertz CT molecular complexity index is 1040. The van der Waals surface area contributed by atoms with Crippen LogP contribution < -0.4 is 20.3 Å². The van der Waals surface area contributed by atoms with E-state index in [1.807, 2.05) is 43.3 Å². The number of fused-ring (bicyclic) bond motifs is 4. The molecular weight excluding hydrogens is 378 g/mol. The molecule has 1 aliphatic heterocycles. The van der Waals surface area contributed by atoms with Crippen molar-refractivity contribution in [3.05, 3.63) is 71.7 Å². The number of hydrogen-bond acceptors (Lipinski definition) is 5. The molecule has 2 aliphatic rings. The van der Waals surface area contributed by atoms with E-state index in [1.54, 1.807) is 11.0 Å². The van der Waals surface area contributed by atoms with Crippen LogP contribution in [0.1, 0.15) is 26.7 Å². The minimum absolute atomic E-state index is 0.232. The molecule has 30 heavy (non-hydrogen) atoms. The van der Waals surface area contributed by atoms with Gasteiger partial charge in [-0.15, -0.1) is 0 Å². The van der Waals surface area contributed by atoms with E-state index in [0.29, 0.717) is 24.8 Å². The van der Waals surface area contributed by atoms with E-state index in [9.17, 15) is 4.79 Å². The van der Waals surface area contributed by atoms with Gasteiger partial charge in [-0.2, -0.15) is 0 Å². The second-order valence-corrected chi connectivity index (χ2v) is 7.32. The van der Waals surface area contributed by atoms with Gasteiger partial charge in [-0.3, -0.25) is 4.90 Å². The zero-order valence-corrected chi connectivity index (χ0v) is 17.2. The van der Waals surface area contributed by atoms with E-state index in [1.165, 1.54) is 11.9 Å². The van der Waals surface area contributed by atoms with Gasteiger partial charge in [0.15, 0.2) is 0 Å². The number of carbonyl (C=O) groups excluding carboxylic acids is 1. The fourth-order valence-corrected chi connectivity index (χ4v) is 3.50. The number of aromatic nitrogens is 2. The average Bonchev–Trinajstić information content (AvgIpc) is 2.74. The highest BCUT2D eigenvalue weighted by atomic mass is 16.5. The molecule has 0 unspecified atom stereocenters. The summed E-state index contributed by atoms with van der Waals surface area (Å²) in [7, 11) is 0. The van der Waals surface area contributed by atoms with Gasteiger partial charge in [0.25, 0.3) is 0 Å². The Balaban J connectivity index is 1.64. The number of amides is 2. The molecular formula is C23H25N5O2. The first kappa shape index (κ1) is 19.7. The molecule has 154 valence electrons. The van der Waals surface area contributed by atoms with Gasteiger partial charge < -0.3 is 15.4 Å². The van der Waals surface area contributed by atoms with Crippen LogP contribution in [0.25, 0.3) is 0 Å². The summed E-state index contributed by atoms with van der Waals surface area (Å²) < 4.78 is 5.77. The lowest BCUT2D eigenvalue weighted by molar-refractivity contribution is 0.249. The Kier molecular flexibility index (Phi) is 5.79. The second kappa shape index (κ2) is 8.82. The molecule has 0 fully saturated rings. The number of rotatable bonds is 1. The molecule has 2 N–H and O–H groups in total. The van der Waals surface area contributed by atoms with Crippen molar-refractivity contribution in [1.29, 1.82) is 0 Å². The van der Waals surface area contributed by atoms with Gasteiger partial charge in [-0.1, -0.05) is 18.2 Å². The fourth-order valence-electron chi connectivity index (χ4n) is 3.50. The molecule has 4 bridgehead atoms. The third-order valence-corrected chi connectivity index (χ3v) is 5.10. The maximum atomic E-state index is 13.2. The second-order valence-electron chi connectivity index (χ2n) is 7.32. The van der Waals surface area contributed by atoms with Gasteiger partial charge in [-0.05, 0) is 56.0 Å². The molecule has 2 amide bonds. The van der Waals surface area contributed by atoms with Crippen LogP contribution in [0, 0.1) is 0 Å². The highest BCUT2D eigenvalue weighted by Gasteiger charge is 2.20. The predicted octanol–water partition coefficient (Wildman–Crippen LogP) is 4.70. The van der Waals surface area contributed by atoms with Crippen LogP contribution in [0.3, 0.4) is 0 Å². The van der Waals surface area contributed by atoms with E-state index in [4.69, 9.17) is 4.74 Å². The lowest BCUT2D eigenvalue weighted by atomic mass is 9.98. The quantitative estimate of drug-likeness (QED) is 0.675. The first-order valence-corrected chi connectivity index (χ1v) is 10.0. The van der Waals surface area contributed by atoms with Gasteiger partial charge in [0.2, 0.25) is 0 Å². The third-order valence-electron chi connectivity index (χ3n) is 5.10. The highest BCUT2D eigenvalue weighted by Crippen LogP contribution is 2.25. The van der Waals surface area contributed by atoms with Gasteiger partial charge in [0.05, 0.1) is 0 Å². The number of benzene rings is 1. The zero-order chi connectivity index (χ0) is 20.9. The Labute approximate surface area is 176 Å². The summed E-state index contributed by atoms with van der Waals surface area (Å²) in [5.74, 6) is 1.87. The molecule has 0 saturated heterocycles. The van der Waals surface area contributed by atoms with Crippen molar-refractivity contribution in [3.8, 4) is 5.75 Å². The molecule has 7 heteroatoms. The monoisotopic (exact) mass is 403 g/mol. The largest absolute Gasteiger partial charge is 0.489 e. The van der Waals surface area contributed by atoms with Crippen molar-refractivity contribution in [1.82, 2.24) is 15.3 Å². The summed E-state index contributed by atoms with van der Waals surface area (Å²) >= 11 is 0. The number of anilines is 3. The number of ether oxygens (including phenoxy) is 1. The SMILES string of the molecule is CC1=CCCC(C)=C1NC(=O)N1C/C=C/COc2cccc(c2)Nc2cc1ncn2. The lowest BCUT2D eigenvalue weighted by Crippen LogP contribution is -2.41. The molecule has 7 nitrogen and oxygen atoms in total. The number of nitrogens with one attached hydrogen (secondary N) is 2. The van der Waals surface area contributed by atoms with Crippen LogP contribution in [0.5, 0.6) is 5.75 Å². The van der Waals surface area contributed by atoms with Crippen molar-refractivity contribution >= 4 is 23.4 Å². The summed E-state index contributed by atoms with van der Waals surface area (Å²) in [5, 5.41) is 6.33. The molecule has 1 aromatic heterocycles. The van der Waals surface area contributed by atoms with Crippen molar-refractivity contribution in [2.75, 3.05) is 23.4 Å². The first-order chi connectivity index (χ1) is 14.6. The predicted molar refractivity (Wildman–Crippen MR) is 118 cm³/mol. The van der Waals surface area contributed by atoms with Crippen molar-refractivity contribution in [2.24, 2.45) is 0 Å². The standard InChI is InChI=1S/C23H25N5O2/c1-16-7-5-8-17(2)22(16)27-23(29)28-11-3-4-12-30-19-10-6-9-18(13-19)26-20-14-21(28)25-15-24-20/h3-4,6-7,9-10,13-15H,5,8,11-12H2,1-2H3,(H,27,29)(H,24,25,26)/b4-3+. The summed E-state index contributed by atoms with van der Waals surface area (Å²) in [6.07, 6.45) is 9.37. The molecule has 0 radical (unpaired) electrons. The fraction of sp³-hybridized carbons (Fsp3) is 0.261. The number of allylic oxidation sites excluding steroid dienone is 3. The van der Waals surface area contributed by atoms with E-state index in [2.05, 4.69) is 33.6 Å².